The molecule has 0 spiro atoms. The Morgan fingerprint density at radius 1 is 1.00 bits per heavy atom. The Balaban J connectivity index is 2.12. The number of nitrogens with zero attached hydrogens (tertiary/aromatic N) is 1. The van der Waals surface area contributed by atoms with Crippen LogP contribution in [0.15, 0.2) is 54.6 Å². The maximum absolute atomic E-state index is 13.1. The number of carbonyl (C=O) groups is 2. The summed E-state index contributed by atoms with van der Waals surface area (Å²) in [5.41, 5.74) is 1.84. The summed E-state index contributed by atoms with van der Waals surface area (Å²) in [4.78, 5) is 27.2. The van der Waals surface area contributed by atoms with Crippen molar-refractivity contribution in [2.24, 2.45) is 0 Å². The predicted octanol–water partition coefficient (Wildman–Crippen LogP) is 3.74. The van der Waals surface area contributed by atoms with Gasteiger partial charge in [0.25, 0.3) is 0 Å². The molecule has 2 aromatic carbocycles. The van der Waals surface area contributed by atoms with E-state index >= 15 is 0 Å². The smallest absolute Gasteiger partial charge is 0.242 e. The molecule has 2 atom stereocenters. The Bertz CT molecular complexity index is 762. The van der Waals surface area contributed by atoms with E-state index in [9.17, 15) is 14.0 Å². The molecule has 4 nitrogen and oxygen atoms in total. The second-order valence-corrected chi connectivity index (χ2v) is 7.12. The highest BCUT2D eigenvalue weighted by atomic mass is 19.1. The lowest BCUT2D eigenvalue weighted by molar-refractivity contribution is -0.139. The lowest BCUT2D eigenvalue weighted by atomic mass is 10.1. The number of benzene rings is 2. The van der Waals surface area contributed by atoms with E-state index in [4.69, 9.17) is 0 Å². The van der Waals surface area contributed by atoms with Gasteiger partial charge < -0.3 is 10.2 Å². The highest BCUT2D eigenvalue weighted by Gasteiger charge is 2.26. The van der Waals surface area contributed by atoms with Gasteiger partial charge in [0.15, 0.2) is 0 Å². The molecule has 0 saturated carbocycles. The van der Waals surface area contributed by atoms with E-state index in [1.54, 1.807) is 24.0 Å². The van der Waals surface area contributed by atoms with Crippen molar-refractivity contribution in [2.45, 2.75) is 52.1 Å². The number of hydrogen-bond acceptors (Lipinski definition) is 2. The molecule has 2 aromatic rings. The van der Waals surface area contributed by atoms with E-state index in [1.807, 2.05) is 44.2 Å². The number of rotatable bonds is 9. The van der Waals surface area contributed by atoms with Gasteiger partial charge in [-0.2, -0.15) is 0 Å². The zero-order valence-corrected chi connectivity index (χ0v) is 16.8. The van der Waals surface area contributed by atoms with Crippen molar-refractivity contribution >= 4 is 11.8 Å². The van der Waals surface area contributed by atoms with Gasteiger partial charge in [0.05, 0.1) is 6.42 Å². The number of hydrogen-bond donors (Lipinski definition) is 1. The third kappa shape index (κ3) is 6.48. The molecule has 0 aliphatic carbocycles. The SMILES string of the molecule is CC[C@H](C)NC(=O)[C@@H](C)N(CCc1ccccc1)C(=O)Cc1ccc(F)cc1. The normalized spacial score (nSPS) is 12.9. The Morgan fingerprint density at radius 3 is 2.25 bits per heavy atom. The van der Waals surface area contributed by atoms with Gasteiger partial charge in [-0.05, 0) is 49.9 Å². The molecule has 0 unspecified atom stereocenters. The van der Waals surface area contributed by atoms with Gasteiger partial charge in [-0.15, -0.1) is 0 Å². The Kier molecular flexibility index (Phi) is 8.18. The van der Waals surface area contributed by atoms with Crippen LogP contribution in [0.25, 0.3) is 0 Å². The number of carbonyl (C=O) groups excluding carboxylic acids is 2. The summed E-state index contributed by atoms with van der Waals surface area (Å²) in [6.07, 6.45) is 1.62. The topological polar surface area (TPSA) is 49.4 Å². The fourth-order valence-electron chi connectivity index (χ4n) is 2.91. The Labute approximate surface area is 166 Å². The van der Waals surface area contributed by atoms with Gasteiger partial charge >= 0.3 is 0 Å². The molecule has 28 heavy (non-hydrogen) atoms. The van der Waals surface area contributed by atoms with Crippen molar-refractivity contribution in [2.75, 3.05) is 6.54 Å². The van der Waals surface area contributed by atoms with Crippen molar-refractivity contribution in [3.63, 3.8) is 0 Å². The van der Waals surface area contributed by atoms with Crippen LogP contribution in [-0.2, 0) is 22.4 Å². The first-order chi connectivity index (χ1) is 13.4. The zero-order chi connectivity index (χ0) is 20.5. The van der Waals surface area contributed by atoms with E-state index in [0.29, 0.717) is 13.0 Å². The molecule has 0 aromatic heterocycles. The van der Waals surface area contributed by atoms with Crippen LogP contribution in [0.4, 0.5) is 4.39 Å². The van der Waals surface area contributed by atoms with Crippen LogP contribution in [0.2, 0.25) is 0 Å². The predicted molar refractivity (Wildman–Crippen MR) is 109 cm³/mol. The number of nitrogens with one attached hydrogen (secondary N) is 1. The summed E-state index contributed by atoms with van der Waals surface area (Å²) in [5.74, 6) is -0.636. The largest absolute Gasteiger partial charge is 0.352 e. The highest BCUT2D eigenvalue weighted by molar-refractivity contribution is 5.88. The molecule has 0 fully saturated rings. The summed E-state index contributed by atoms with van der Waals surface area (Å²) in [6, 6.07) is 15.2. The number of amides is 2. The highest BCUT2D eigenvalue weighted by Crippen LogP contribution is 2.11. The fraction of sp³-hybridized carbons (Fsp3) is 0.391. The van der Waals surface area contributed by atoms with E-state index in [1.165, 1.54) is 12.1 Å². The Morgan fingerprint density at radius 2 is 1.64 bits per heavy atom. The minimum atomic E-state index is -0.578. The minimum Gasteiger partial charge on any atom is -0.352 e. The van der Waals surface area contributed by atoms with E-state index < -0.39 is 6.04 Å². The molecule has 0 aliphatic heterocycles. The molecular weight excluding hydrogens is 355 g/mol. The monoisotopic (exact) mass is 384 g/mol. The van der Waals surface area contributed by atoms with Gasteiger partial charge in [-0.25, -0.2) is 4.39 Å². The van der Waals surface area contributed by atoms with Gasteiger partial charge in [-0.1, -0.05) is 49.4 Å². The van der Waals surface area contributed by atoms with Gasteiger partial charge in [-0.3, -0.25) is 9.59 Å². The van der Waals surface area contributed by atoms with Crippen LogP contribution in [0.1, 0.15) is 38.3 Å². The summed E-state index contributed by atoms with van der Waals surface area (Å²) >= 11 is 0. The molecule has 150 valence electrons. The van der Waals surface area contributed by atoms with E-state index in [0.717, 1.165) is 17.5 Å². The van der Waals surface area contributed by atoms with Crippen molar-refractivity contribution in [3.05, 3.63) is 71.5 Å². The molecular formula is C23H29FN2O2. The first kappa shape index (κ1) is 21.6. The van der Waals surface area contributed by atoms with Crippen LogP contribution < -0.4 is 5.32 Å². The molecule has 5 heteroatoms. The maximum atomic E-state index is 13.1. The molecule has 2 rings (SSSR count). The van der Waals surface area contributed by atoms with Crippen molar-refractivity contribution in [3.8, 4) is 0 Å². The third-order valence-corrected chi connectivity index (χ3v) is 4.92. The van der Waals surface area contributed by atoms with Crippen molar-refractivity contribution in [1.29, 1.82) is 0 Å². The fourth-order valence-corrected chi connectivity index (χ4v) is 2.91. The van der Waals surface area contributed by atoms with Gasteiger partial charge in [0.2, 0.25) is 11.8 Å². The molecule has 0 heterocycles. The standard InChI is InChI=1S/C23H29FN2O2/c1-4-17(2)25-23(28)18(3)26(15-14-19-8-6-5-7-9-19)22(27)16-20-10-12-21(24)13-11-20/h5-13,17-18H,4,14-16H2,1-3H3,(H,25,28)/t17-,18+/m0/s1. The summed E-state index contributed by atoms with van der Waals surface area (Å²) in [5, 5.41) is 2.95. The first-order valence-electron chi connectivity index (χ1n) is 9.79. The summed E-state index contributed by atoms with van der Waals surface area (Å²) in [6.45, 7) is 6.14. The third-order valence-electron chi connectivity index (χ3n) is 4.92. The van der Waals surface area contributed by atoms with Crippen LogP contribution in [0.3, 0.4) is 0 Å². The Hall–Kier alpha value is -2.69. The quantitative estimate of drug-likeness (QED) is 0.716. The van der Waals surface area contributed by atoms with Crippen molar-refractivity contribution in [1.82, 2.24) is 10.2 Å². The van der Waals surface area contributed by atoms with Crippen LogP contribution in [0, 0.1) is 5.82 Å². The average Bonchev–Trinajstić information content (AvgIpc) is 2.70. The maximum Gasteiger partial charge on any atom is 0.242 e. The first-order valence-corrected chi connectivity index (χ1v) is 9.79. The van der Waals surface area contributed by atoms with Crippen LogP contribution in [0.5, 0.6) is 0 Å². The molecule has 0 aliphatic rings. The minimum absolute atomic E-state index is 0.0538. The van der Waals surface area contributed by atoms with Crippen LogP contribution in [-0.4, -0.2) is 35.3 Å². The molecule has 0 saturated heterocycles. The molecule has 2 amide bonds. The zero-order valence-electron chi connectivity index (χ0n) is 16.8. The lowest BCUT2D eigenvalue weighted by Crippen LogP contribution is -2.50. The van der Waals surface area contributed by atoms with E-state index in [2.05, 4.69) is 5.32 Å². The van der Waals surface area contributed by atoms with Gasteiger partial charge in [0, 0.05) is 12.6 Å². The molecule has 0 bridgehead atoms. The second-order valence-electron chi connectivity index (χ2n) is 7.12. The average molecular weight is 384 g/mol. The summed E-state index contributed by atoms with van der Waals surface area (Å²) in [7, 11) is 0. The second kappa shape index (κ2) is 10.6. The molecule has 1 N–H and O–H groups in total. The van der Waals surface area contributed by atoms with Gasteiger partial charge in [0.1, 0.15) is 11.9 Å². The molecule has 0 radical (unpaired) electrons. The lowest BCUT2D eigenvalue weighted by Gasteiger charge is -2.29. The van der Waals surface area contributed by atoms with Crippen molar-refractivity contribution < 1.29 is 14.0 Å². The summed E-state index contributed by atoms with van der Waals surface area (Å²) < 4.78 is 13.1. The van der Waals surface area contributed by atoms with E-state index in [-0.39, 0.29) is 30.1 Å². The van der Waals surface area contributed by atoms with Crippen LogP contribution >= 0.6 is 0 Å². The number of halogens is 1.